The quantitative estimate of drug-likeness (QED) is 0.143. The van der Waals surface area contributed by atoms with Crippen molar-refractivity contribution in [3.05, 3.63) is 113 Å². The van der Waals surface area contributed by atoms with E-state index in [0.717, 1.165) is 63.7 Å². The van der Waals surface area contributed by atoms with Gasteiger partial charge >= 0.3 is 0 Å². The highest BCUT2D eigenvalue weighted by Gasteiger charge is 2.58. The van der Waals surface area contributed by atoms with Gasteiger partial charge in [0.05, 0.1) is 24.5 Å². The van der Waals surface area contributed by atoms with Crippen molar-refractivity contribution in [1.29, 1.82) is 0 Å². The highest BCUT2D eigenvalue weighted by molar-refractivity contribution is 6.06. The standard InChI is InChI=1S/C41H46N2O4/c1-2-9-32-25-35-39(41(46)43(40(35)45)33-20-22-42(23-21-33)26-29-10-5-3-6-11-29)36-27-47-37(38(32)36)19-16-31(30-12-7-4-8-13-30)24-28-14-17-34(44)18-15-28/h3-8,10-15,17-18,24,33,35-37,39,44H,2,9,16,19-23,25-27H2,1H3/b31-24-/t35-,36+,37-,39-/m1/s1. The van der Waals surface area contributed by atoms with Crippen molar-refractivity contribution < 1.29 is 19.4 Å². The molecule has 3 aromatic rings. The Morgan fingerprint density at radius 3 is 2.30 bits per heavy atom. The number of likely N-dealkylation sites (tertiary alicyclic amines) is 2. The third-order valence-corrected chi connectivity index (χ3v) is 10.8. The summed E-state index contributed by atoms with van der Waals surface area (Å²) in [5.74, 6) is -0.210. The Kier molecular flexibility index (Phi) is 9.41. The number of ether oxygens (including phenoxy) is 1. The molecule has 0 saturated carbocycles. The number of phenolic OH excluding ortho intramolecular Hbond substituents is 1. The maximum atomic E-state index is 14.2. The van der Waals surface area contributed by atoms with Crippen LogP contribution in [-0.2, 0) is 20.9 Å². The van der Waals surface area contributed by atoms with Crippen LogP contribution in [-0.4, -0.2) is 58.6 Å². The van der Waals surface area contributed by atoms with Gasteiger partial charge in [0.2, 0.25) is 11.8 Å². The molecule has 2 amide bonds. The average molecular weight is 631 g/mol. The molecule has 244 valence electrons. The molecule has 1 N–H and O–H groups in total. The van der Waals surface area contributed by atoms with E-state index in [0.29, 0.717) is 13.0 Å². The predicted molar refractivity (Wildman–Crippen MR) is 185 cm³/mol. The minimum absolute atomic E-state index is 0.0118. The molecule has 47 heavy (non-hydrogen) atoms. The Balaban J connectivity index is 1.07. The SMILES string of the molecule is CCCC1=C2[C@@H](CC/C(=C/c3ccc(O)cc3)c3ccccc3)OC[C@@H]2[C@@H]2C(=O)N(C3CCN(Cc4ccccc4)CC3)C(=O)[C@@H]2C1. The Morgan fingerprint density at radius 2 is 1.60 bits per heavy atom. The van der Waals surface area contributed by atoms with Crippen LogP contribution in [0.25, 0.3) is 11.6 Å². The van der Waals surface area contributed by atoms with E-state index in [1.54, 1.807) is 17.0 Å². The van der Waals surface area contributed by atoms with Crippen LogP contribution in [0.3, 0.4) is 0 Å². The summed E-state index contributed by atoms with van der Waals surface area (Å²) < 4.78 is 6.57. The van der Waals surface area contributed by atoms with E-state index in [1.807, 2.05) is 24.3 Å². The third kappa shape index (κ3) is 6.59. The monoisotopic (exact) mass is 630 g/mol. The number of imide groups is 1. The Hall–Kier alpha value is -4.00. The number of benzene rings is 3. The van der Waals surface area contributed by atoms with E-state index in [2.05, 4.69) is 66.4 Å². The van der Waals surface area contributed by atoms with Crippen molar-refractivity contribution in [2.75, 3.05) is 19.7 Å². The molecule has 6 nitrogen and oxygen atoms in total. The predicted octanol–water partition coefficient (Wildman–Crippen LogP) is 7.49. The van der Waals surface area contributed by atoms with Crippen LogP contribution in [0, 0.1) is 17.8 Å². The topological polar surface area (TPSA) is 70.1 Å². The fourth-order valence-corrected chi connectivity index (χ4v) is 8.58. The minimum Gasteiger partial charge on any atom is -0.508 e. The first-order chi connectivity index (χ1) is 23.0. The Labute approximate surface area is 278 Å². The largest absolute Gasteiger partial charge is 0.508 e. The number of piperidine rings is 1. The zero-order valence-corrected chi connectivity index (χ0v) is 27.4. The van der Waals surface area contributed by atoms with E-state index >= 15 is 0 Å². The molecule has 3 heterocycles. The van der Waals surface area contributed by atoms with Gasteiger partial charge in [-0.1, -0.05) is 97.8 Å². The van der Waals surface area contributed by atoms with E-state index in [-0.39, 0.29) is 47.5 Å². The second-order valence-corrected chi connectivity index (χ2v) is 13.8. The van der Waals surface area contributed by atoms with Crippen LogP contribution in [0.15, 0.2) is 96.1 Å². The van der Waals surface area contributed by atoms with Gasteiger partial charge in [-0.05, 0) is 78.5 Å². The molecule has 4 aliphatic rings. The number of amides is 2. The highest BCUT2D eigenvalue weighted by atomic mass is 16.5. The molecular weight excluding hydrogens is 584 g/mol. The lowest BCUT2D eigenvalue weighted by Crippen LogP contribution is -2.47. The molecule has 3 fully saturated rings. The summed E-state index contributed by atoms with van der Waals surface area (Å²) in [6, 6.07) is 28.3. The maximum Gasteiger partial charge on any atom is 0.234 e. The molecule has 0 spiro atoms. The van der Waals surface area contributed by atoms with Gasteiger partial charge in [-0.3, -0.25) is 19.4 Å². The average Bonchev–Trinajstić information content (AvgIpc) is 3.63. The summed E-state index contributed by atoms with van der Waals surface area (Å²) in [4.78, 5) is 32.4. The molecule has 0 radical (unpaired) electrons. The first kappa shape index (κ1) is 31.6. The Morgan fingerprint density at radius 1 is 0.894 bits per heavy atom. The number of hydrogen-bond donors (Lipinski definition) is 1. The highest BCUT2D eigenvalue weighted by Crippen LogP contribution is 2.51. The van der Waals surface area contributed by atoms with Gasteiger partial charge in [-0.25, -0.2) is 0 Å². The number of rotatable bonds is 10. The van der Waals surface area contributed by atoms with Crippen molar-refractivity contribution >= 4 is 23.5 Å². The van der Waals surface area contributed by atoms with E-state index in [1.165, 1.54) is 27.8 Å². The lowest BCUT2D eigenvalue weighted by molar-refractivity contribution is -0.144. The smallest absolute Gasteiger partial charge is 0.234 e. The van der Waals surface area contributed by atoms with Crippen LogP contribution in [0.4, 0.5) is 0 Å². The van der Waals surface area contributed by atoms with Crippen LogP contribution < -0.4 is 0 Å². The summed E-state index contributed by atoms with van der Waals surface area (Å²) in [7, 11) is 0. The summed E-state index contributed by atoms with van der Waals surface area (Å²) in [6.07, 6.45) is 8.11. The first-order valence-corrected chi connectivity index (χ1v) is 17.5. The minimum atomic E-state index is -0.299. The van der Waals surface area contributed by atoms with E-state index in [4.69, 9.17) is 4.74 Å². The van der Waals surface area contributed by atoms with Crippen LogP contribution >= 0.6 is 0 Å². The number of aromatic hydroxyl groups is 1. The van der Waals surface area contributed by atoms with Crippen molar-refractivity contribution in [2.45, 2.75) is 70.6 Å². The molecule has 1 aliphatic carbocycles. The van der Waals surface area contributed by atoms with Crippen LogP contribution in [0.1, 0.15) is 68.6 Å². The molecule has 3 saturated heterocycles. The van der Waals surface area contributed by atoms with Crippen LogP contribution in [0.2, 0.25) is 0 Å². The lowest BCUT2D eigenvalue weighted by atomic mass is 9.68. The second kappa shape index (κ2) is 14.0. The summed E-state index contributed by atoms with van der Waals surface area (Å²) >= 11 is 0. The normalized spacial score (nSPS) is 25.4. The van der Waals surface area contributed by atoms with E-state index < -0.39 is 0 Å². The molecule has 3 aliphatic heterocycles. The molecule has 7 rings (SSSR count). The van der Waals surface area contributed by atoms with Crippen molar-refractivity contribution in [3.8, 4) is 5.75 Å². The molecular formula is C41H46N2O4. The van der Waals surface area contributed by atoms with Gasteiger partial charge in [0.15, 0.2) is 0 Å². The van der Waals surface area contributed by atoms with E-state index in [9.17, 15) is 14.7 Å². The van der Waals surface area contributed by atoms with Gasteiger partial charge in [-0.15, -0.1) is 0 Å². The zero-order chi connectivity index (χ0) is 32.3. The number of allylic oxidation sites excluding steroid dienone is 2. The maximum absolute atomic E-state index is 14.2. The van der Waals surface area contributed by atoms with Crippen molar-refractivity contribution in [3.63, 3.8) is 0 Å². The lowest BCUT2D eigenvalue weighted by Gasteiger charge is -2.36. The molecule has 4 atom stereocenters. The number of hydrogen-bond acceptors (Lipinski definition) is 5. The fraction of sp³-hybridized carbons (Fsp3) is 0.415. The zero-order valence-electron chi connectivity index (χ0n) is 27.4. The van der Waals surface area contributed by atoms with Gasteiger partial charge in [0, 0.05) is 31.6 Å². The molecule has 6 heteroatoms. The summed E-state index contributed by atoms with van der Waals surface area (Å²) in [6.45, 7) is 5.41. The summed E-state index contributed by atoms with van der Waals surface area (Å²) in [5.41, 5.74) is 7.39. The number of nitrogens with zero attached hydrogens (tertiary/aromatic N) is 2. The van der Waals surface area contributed by atoms with Gasteiger partial charge in [-0.2, -0.15) is 0 Å². The fourth-order valence-electron chi connectivity index (χ4n) is 8.58. The third-order valence-electron chi connectivity index (χ3n) is 10.8. The van der Waals surface area contributed by atoms with Gasteiger partial charge in [0.25, 0.3) is 0 Å². The number of fused-ring (bicyclic) bond motifs is 3. The number of phenols is 1. The number of carbonyl (C=O) groups excluding carboxylic acids is 2. The molecule has 3 aromatic carbocycles. The molecule has 0 unspecified atom stereocenters. The molecule has 0 bridgehead atoms. The van der Waals surface area contributed by atoms with Crippen LogP contribution in [0.5, 0.6) is 5.75 Å². The van der Waals surface area contributed by atoms with Gasteiger partial charge < -0.3 is 9.84 Å². The molecule has 0 aromatic heterocycles. The Bertz CT molecular complexity index is 1620. The second-order valence-electron chi connectivity index (χ2n) is 13.8. The van der Waals surface area contributed by atoms with Crippen molar-refractivity contribution in [2.24, 2.45) is 17.8 Å². The first-order valence-electron chi connectivity index (χ1n) is 17.5. The summed E-state index contributed by atoms with van der Waals surface area (Å²) in [5, 5.41) is 9.79. The van der Waals surface area contributed by atoms with Gasteiger partial charge in [0.1, 0.15) is 5.75 Å². The number of carbonyl (C=O) groups is 2. The van der Waals surface area contributed by atoms with Crippen molar-refractivity contribution in [1.82, 2.24) is 9.80 Å².